The number of carbonyl (C=O) groups excluding carboxylic acids is 3. The summed E-state index contributed by atoms with van der Waals surface area (Å²) in [5.74, 6) is -0.975. The van der Waals surface area contributed by atoms with Gasteiger partial charge in [-0.15, -0.1) is 11.8 Å². The lowest BCUT2D eigenvalue weighted by Crippen LogP contribution is -2.20. The molecule has 0 heterocycles. The van der Waals surface area contributed by atoms with Crippen molar-refractivity contribution < 1.29 is 19.1 Å². The second-order valence-electron chi connectivity index (χ2n) is 8.23. The van der Waals surface area contributed by atoms with E-state index in [9.17, 15) is 14.4 Å². The lowest BCUT2D eigenvalue weighted by atomic mass is 10.1. The third-order valence-corrected chi connectivity index (χ3v) is 6.95. The maximum atomic E-state index is 13.4. The number of nitrogens with one attached hydrogen (secondary N) is 2. The fourth-order valence-corrected chi connectivity index (χ4v) is 4.78. The van der Waals surface area contributed by atoms with E-state index in [0.717, 1.165) is 16.0 Å². The number of aryl methyl sites for hydroxylation is 1. The quantitative estimate of drug-likeness (QED) is 0.209. The average molecular weight is 511 g/mol. The molecule has 37 heavy (non-hydrogen) atoms. The van der Waals surface area contributed by atoms with E-state index >= 15 is 0 Å². The van der Waals surface area contributed by atoms with Crippen LogP contribution in [0.15, 0.2) is 108 Å². The fourth-order valence-electron chi connectivity index (χ4n) is 3.76. The molecule has 0 radical (unpaired) electrons. The summed E-state index contributed by atoms with van der Waals surface area (Å²) in [7, 11) is 1.30. The van der Waals surface area contributed by atoms with Gasteiger partial charge in [-0.25, -0.2) is 4.79 Å². The minimum Gasteiger partial charge on any atom is -0.465 e. The average Bonchev–Trinajstić information content (AvgIpc) is 2.93. The number of amides is 2. The normalized spacial score (nSPS) is 11.3. The number of rotatable bonds is 8. The number of hydrogen-bond acceptors (Lipinski definition) is 5. The van der Waals surface area contributed by atoms with Crippen LogP contribution >= 0.6 is 11.8 Å². The van der Waals surface area contributed by atoms with E-state index < -0.39 is 11.2 Å². The van der Waals surface area contributed by atoms with Crippen molar-refractivity contribution in [1.82, 2.24) is 0 Å². The Morgan fingerprint density at radius 1 is 0.730 bits per heavy atom. The van der Waals surface area contributed by atoms with E-state index in [1.165, 1.54) is 18.9 Å². The molecule has 4 rings (SSSR count). The molecule has 0 aliphatic carbocycles. The number of methoxy groups -OCH3 is 1. The van der Waals surface area contributed by atoms with Crippen molar-refractivity contribution in [3.63, 3.8) is 0 Å². The van der Waals surface area contributed by atoms with Gasteiger partial charge in [0, 0.05) is 16.1 Å². The number of benzene rings is 4. The smallest absolute Gasteiger partial charge is 0.339 e. The monoisotopic (exact) mass is 510 g/mol. The first-order valence-corrected chi connectivity index (χ1v) is 12.5. The molecular formula is C30H26N2O4S. The zero-order chi connectivity index (χ0) is 26.2. The van der Waals surface area contributed by atoms with Gasteiger partial charge in [-0.2, -0.15) is 0 Å². The molecule has 0 bridgehead atoms. The van der Waals surface area contributed by atoms with Gasteiger partial charge in [0.2, 0.25) is 5.91 Å². The Hall–Kier alpha value is -4.36. The number of hydrogen-bond donors (Lipinski definition) is 2. The first kappa shape index (κ1) is 25.7. The van der Waals surface area contributed by atoms with Gasteiger partial charge >= 0.3 is 5.97 Å². The summed E-state index contributed by atoms with van der Waals surface area (Å²) in [6.07, 6.45) is 0. The van der Waals surface area contributed by atoms with E-state index in [-0.39, 0.29) is 17.4 Å². The van der Waals surface area contributed by atoms with Gasteiger partial charge in [0.15, 0.2) is 0 Å². The van der Waals surface area contributed by atoms with Gasteiger partial charge in [-0.1, -0.05) is 60.7 Å². The van der Waals surface area contributed by atoms with E-state index in [2.05, 4.69) is 10.6 Å². The van der Waals surface area contributed by atoms with Crippen LogP contribution in [0.2, 0.25) is 0 Å². The van der Waals surface area contributed by atoms with E-state index in [1.54, 1.807) is 30.3 Å². The SMILES string of the molecule is COC(=O)c1ccccc1NC(=O)C(Sc1ccc(NC(=O)c2ccccc2C)cc1)c1ccccc1. The number of para-hydroxylation sites is 1. The van der Waals surface area contributed by atoms with Crippen LogP contribution in [-0.2, 0) is 9.53 Å². The van der Waals surface area contributed by atoms with Gasteiger partial charge in [0.05, 0.1) is 18.4 Å². The summed E-state index contributed by atoms with van der Waals surface area (Å²) in [6.45, 7) is 1.90. The predicted molar refractivity (Wildman–Crippen MR) is 147 cm³/mol. The highest BCUT2D eigenvalue weighted by atomic mass is 32.2. The Morgan fingerprint density at radius 3 is 2.03 bits per heavy atom. The topological polar surface area (TPSA) is 84.5 Å². The van der Waals surface area contributed by atoms with Crippen molar-refractivity contribution >= 4 is 40.9 Å². The summed E-state index contributed by atoms with van der Waals surface area (Å²) in [6, 6.07) is 30.9. The summed E-state index contributed by atoms with van der Waals surface area (Å²) in [4.78, 5) is 39.1. The molecule has 0 aliphatic heterocycles. The number of esters is 1. The fraction of sp³-hybridized carbons (Fsp3) is 0.100. The van der Waals surface area contributed by atoms with Crippen LogP contribution in [-0.4, -0.2) is 24.9 Å². The maximum Gasteiger partial charge on any atom is 0.339 e. The highest BCUT2D eigenvalue weighted by Gasteiger charge is 2.24. The van der Waals surface area contributed by atoms with Crippen molar-refractivity contribution in [2.24, 2.45) is 0 Å². The van der Waals surface area contributed by atoms with Gasteiger partial charge in [0.1, 0.15) is 5.25 Å². The van der Waals surface area contributed by atoms with Crippen molar-refractivity contribution in [3.8, 4) is 0 Å². The molecule has 4 aromatic carbocycles. The maximum absolute atomic E-state index is 13.4. The highest BCUT2D eigenvalue weighted by molar-refractivity contribution is 8.00. The molecule has 2 amide bonds. The van der Waals surface area contributed by atoms with Crippen LogP contribution in [0, 0.1) is 6.92 Å². The lowest BCUT2D eigenvalue weighted by Gasteiger charge is -2.18. The number of carbonyl (C=O) groups is 3. The molecular weight excluding hydrogens is 484 g/mol. The molecule has 186 valence electrons. The van der Waals surface area contributed by atoms with Gasteiger partial charge < -0.3 is 15.4 Å². The third kappa shape index (κ3) is 6.45. The minimum atomic E-state index is -0.584. The van der Waals surface area contributed by atoms with Gasteiger partial charge in [0.25, 0.3) is 5.91 Å². The molecule has 0 fully saturated rings. The molecule has 0 saturated carbocycles. The largest absolute Gasteiger partial charge is 0.465 e. The molecule has 1 unspecified atom stereocenters. The van der Waals surface area contributed by atoms with Crippen LogP contribution in [0.4, 0.5) is 11.4 Å². The van der Waals surface area contributed by atoms with Crippen molar-refractivity contribution in [1.29, 1.82) is 0 Å². The van der Waals surface area contributed by atoms with E-state index in [0.29, 0.717) is 16.9 Å². The molecule has 0 aliphatic rings. The molecule has 0 spiro atoms. The third-order valence-electron chi connectivity index (χ3n) is 5.69. The molecule has 2 N–H and O–H groups in total. The zero-order valence-corrected chi connectivity index (χ0v) is 21.3. The van der Waals surface area contributed by atoms with Crippen LogP contribution in [0.3, 0.4) is 0 Å². The van der Waals surface area contributed by atoms with E-state index in [4.69, 9.17) is 4.74 Å². The lowest BCUT2D eigenvalue weighted by molar-refractivity contribution is -0.115. The predicted octanol–water partition coefficient (Wildman–Crippen LogP) is 6.51. The Bertz CT molecular complexity index is 1400. The van der Waals surface area contributed by atoms with Crippen molar-refractivity contribution in [2.75, 3.05) is 17.7 Å². The minimum absolute atomic E-state index is 0.177. The first-order valence-electron chi connectivity index (χ1n) is 11.6. The molecule has 4 aromatic rings. The molecule has 1 atom stereocenters. The Morgan fingerprint density at radius 2 is 1.35 bits per heavy atom. The van der Waals surface area contributed by atoms with Crippen LogP contribution in [0.1, 0.15) is 37.1 Å². The molecule has 6 nitrogen and oxygen atoms in total. The second kappa shape index (κ2) is 12.1. The Balaban J connectivity index is 1.52. The standard InChI is InChI=1S/C30H26N2O4S/c1-20-10-6-7-13-24(20)28(33)31-22-16-18-23(19-17-22)37-27(21-11-4-3-5-12-21)29(34)32-26-15-9-8-14-25(26)30(35)36-2/h3-19,27H,1-2H3,(H,31,33)(H,32,34). The molecule has 0 aromatic heterocycles. The summed E-state index contributed by atoms with van der Waals surface area (Å²) in [5.41, 5.74) is 3.66. The highest BCUT2D eigenvalue weighted by Crippen LogP contribution is 2.37. The second-order valence-corrected chi connectivity index (χ2v) is 9.41. The summed E-state index contributed by atoms with van der Waals surface area (Å²) in [5, 5.41) is 5.22. The van der Waals surface area contributed by atoms with Crippen molar-refractivity contribution in [2.45, 2.75) is 17.1 Å². The zero-order valence-electron chi connectivity index (χ0n) is 20.4. The summed E-state index contributed by atoms with van der Waals surface area (Å²) < 4.78 is 4.85. The van der Waals surface area contributed by atoms with Crippen molar-refractivity contribution in [3.05, 3.63) is 125 Å². The summed E-state index contributed by atoms with van der Waals surface area (Å²) >= 11 is 1.37. The Labute approximate surface area is 220 Å². The van der Waals surface area contributed by atoms with Crippen LogP contribution in [0.5, 0.6) is 0 Å². The van der Waals surface area contributed by atoms with Crippen LogP contribution < -0.4 is 10.6 Å². The van der Waals surface area contributed by atoms with Gasteiger partial charge in [-0.3, -0.25) is 9.59 Å². The number of ether oxygens (including phenoxy) is 1. The molecule has 7 heteroatoms. The van der Waals surface area contributed by atoms with Crippen LogP contribution in [0.25, 0.3) is 0 Å². The van der Waals surface area contributed by atoms with Gasteiger partial charge in [-0.05, 0) is 60.5 Å². The number of thioether (sulfide) groups is 1. The van der Waals surface area contributed by atoms with E-state index in [1.807, 2.05) is 79.7 Å². The molecule has 0 saturated heterocycles. The number of anilines is 2. The first-order chi connectivity index (χ1) is 18.0. The Kier molecular flexibility index (Phi) is 8.38.